The molecule has 1 aromatic rings. The molecule has 0 radical (unpaired) electrons. The molecule has 0 saturated heterocycles. The number of carboxylic acids is 1. The number of benzene rings is 1. The predicted molar refractivity (Wildman–Crippen MR) is 84.2 cm³/mol. The molecular formula is C16H22N2O5. The molecule has 23 heavy (non-hydrogen) atoms. The van der Waals surface area contributed by atoms with E-state index in [1.165, 1.54) is 12.0 Å². The lowest BCUT2D eigenvalue weighted by Crippen LogP contribution is -2.38. The normalized spacial score (nSPS) is 10.2. The van der Waals surface area contributed by atoms with Gasteiger partial charge in [-0.05, 0) is 24.1 Å². The van der Waals surface area contributed by atoms with E-state index in [1.807, 2.05) is 6.07 Å². The number of hydrogen-bond acceptors (Lipinski definition) is 4. The molecule has 0 aliphatic carbocycles. The summed E-state index contributed by atoms with van der Waals surface area (Å²) in [7, 11) is 3.05. The van der Waals surface area contributed by atoms with Crippen molar-refractivity contribution in [3.05, 3.63) is 35.4 Å². The fourth-order valence-corrected chi connectivity index (χ4v) is 2.08. The van der Waals surface area contributed by atoms with Crippen molar-refractivity contribution in [1.29, 1.82) is 0 Å². The van der Waals surface area contributed by atoms with Crippen molar-refractivity contribution in [2.75, 3.05) is 33.9 Å². The molecule has 0 atom stereocenters. The highest BCUT2D eigenvalue weighted by molar-refractivity contribution is 5.94. The molecule has 0 saturated carbocycles. The molecule has 1 rings (SSSR count). The van der Waals surface area contributed by atoms with Gasteiger partial charge in [0.05, 0.1) is 6.61 Å². The predicted octanol–water partition coefficient (Wildman–Crippen LogP) is 0.538. The monoisotopic (exact) mass is 322 g/mol. The molecule has 0 heterocycles. The van der Waals surface area contributed by atoms with Gasteiger partial charge in [-0.3, -0.25) is 14.4 Å². The van der Waals surface area contributed by atoms with Gasteiger partial charge < -0.3 is 20.1 Å². The van der Waals surface area contributed by atoms with Crippen molar-refractivity contribution in [3.63, 3.8) is 0 Å². The van der Waals surface area contributed by atoms with Crippen LogP contribution in [-0.2, 0) is 20.7 Å². The van der Waals surface area contributed by atoms with Crippen LogP contribution in [0.25, 0.3) is 0 Å². The van der Waals surface area contributed by atoms with Crippen LogP contribution in [0.4, 0.5) is 0 Å². The van der Waals surface area contributed by atoms with Crippen molar-refractivity contribution in [3.8, 4) is 0 Å². The van der Waals surface area contributed by atoms with Gasteiger partial charge in [0.15, 0.2) is 0 Å². The molecule has 7 nitrogen and oxygen atoms in total. The number of hydrogen-bond donors (Lipinski definition) is 2. The zero-order valence-corrected chi connectivity index (χ0v) is 13.4. The van der Waals surface area contributed by atoms with E-state index < -0.39 is 5.97 Å². The summed E-state index contributed by atoms with van der Waals surface area (Å²) in [5.74, 6) is -1.50. The molecule has 0 spiro atoms. The number of amides is 2. The second-order valence-electron chi connectivity index (χ2n) is 4.98. The van der Waals surface area contributed by atoms with Crippen LogP contribution in [0.15, 0.2) is 24.3 Å². The Labute approximate surface area is 135 Å². The lowest BCUT2D eigenvalue weighted by atomic mass is 10.1. The van der Waals surface area contributed by atoms with Crippen LogP contribution in [-0.4, -0.2) is 61.6 Å². The zero-order valence-electron chi connectivity index (χ0n) is 13.4. The summed E-state index contributed by atoms with van der Waals surface area (Å²) in [6.45, 7) is 0.172. The highest BCUT2D eigenvalue weighted by Gasteiger charge is 2.16. The number of ether oxygens (including phenoxy) is 1. The van der Waals surface area contributed by atoms with Crippen LogP contribution in [0.1, 0.15) is 22.3 Å². The van der Waals surface area contributed by atoms with Crippen molar-refractivity contribution in [2.45, 2.75) is 12.8 Å². The van der Waals surface area contributed by atoms with E-state index >= 15 is 0 Å². The van der Waals surface area contributed by atoms with Gasteiger partial charge in [0, 0.05) is 32.7 Å². The van der Waals surface area contributed by atoms with Crippen LogP contribution in [0.5, 0.6) is 0 Å². The summed E-state index contributed by atoms with van der Waals surface area (Å²) in [6.07, 6.45) is 0.612. The molecule has 0 aliphatic heterocycles. The van der Waals surface area contributed by atoms with Gasteiger partial charge in [-0.15, -0.1) is 0 Å². The molecule has 2 N–H and O–H groups in total. The maximum Gasteiger partial charge on any atom is 0.323 e. The van der Waals surface area contributed by atoms with Crippen molar-refractivity contribution < 1.29 is 24.2 Å². The number of nitrogens with one attached hydrogen (secondary N) is 1. The molecule has 0 fully saturated rings. The van der Waals surface area contributed by atoms with Crippen molar-refractivity contribution >= 4 is 17.8 Å². The summed E-state index contributed by atoms with van der Waals surface area (Å²) in [4.78, 5) is 35.8. The van der Waals surface area contributed by atoms with Gasteiger partial charge in [-0.1, -0.05) is 12.1 Å². The van der Waals surface area contributed by atoms with Crippen molar-refractivity contribution in [2.24, 2.45) is 0 Å². The highest BCUT2D eigenvalue weighted by atomic mass is 16.5. The Morgan fingerprint density at radius 2 is 2.04 bits per heavy atom. The fourth-order valence-electron chi connectivity index (χ4n) is 2.08. The minimum atomic E-state index is -1.06. The minimum absolute atomic E-state index is 0.175. The summed E-state index contributed by atoms with van der Waals surface area (Å²) in [5, 5.41) is 11.4. The first kappa shape index (κ1) is 18.6. The number of aliphatic carboxylic acids is 1. The third kappa shape index (κ3) is 6.48. The van der Waals surface area contributed by atoms with Crippen LogP contribution < -0.4 is 5.32 Å². The van der Waals surface area contributed by atoms with E-state index in [9.17, 15) is 14.4 Å². The molecule has 2 amide bonds. The van der Waals surface area contributed by atoms with E-state index in [-0.39, 0.29) is 37.9 Å². The third-order valence-corrected chi connectivity index (χ3v) is 3.29. The SMILES string of the molecule is CNC(=O)c1cccc(CCC(=O)N(CCOC)CC(=O)O)c1. The third-order valence-electron chi connectivity index (χ3n) is 3.29. The van der Waals surface area contributed by atoms with E-state index in [2.05, 4.69) is 5.32 Å². The average molecular weight is 322 g/mol. The van der Waals surface area contributed by atoms with Gasteiger partial charge in [0.1, 0.15) is 6.54 Å². The lowest BCUT2D eigenvalue weighted by molar-refractivity contribution is -0.144. The first-order chi connectivity index (χ1) is 11.0. The topological polar surface area (TPSA) is 95.9 Å². The van der Waals surface area contributed by atoms with E-state index in [1.54, 1.807) is 25.2 Å². The van der Waals surface area contributed by atoms with Gasteiger partial charge in [0.25, 0.3) is 5.91 Å². The second kappa shape index (κ2) is 9.58. The lowest BCUT2D eigenvalue weighted by Gasteiger charge is -2.20. The van der Waals surface area contributed by atoms with Gasteiger partial charge in [0.2, 0.25) is 5.91 Å². The summed E-state index contributed by atoms with van der Waals surface area (Å²) in [6, 6.07) is 7.00. The fraction of sp³-hybridized carbons (Fsp3) is 0.438. The first-order valence-electron chi connectivity index (χ1n) is 7.27. The average Bonchev–Trinajstić information content (AvgIpc) is 2.55. The van der Waals surface area contributed by atoms with Crippen LogP contribution in [0, 0.1) is 0 Å². The van der Waals surface area contributed by atoms with Gasteiger partial charge >= 0.3 is 5.97 Å². The van der Waals surface area contributed by atoms with Gasteiger partial charge in [-0.25, -0.2) is 0 Å². The largest absolute Gasteiger partial charge is 0.480 e. The number of methoxy groups -OCH3 is 1. The quantitative estimate of drug-likeness (QED) is 0.692. The molecule has 0 aromatic heterocycles. The summed E-state index contributed by atoms with van der Waals surface area (Å²) in [5.41, 5.74) is 1.38. The smallest absolute Gasteiger partial charge is 0.323 e. The Morgan fingerprint density at radius 3 is 2.65 bits per heavy atom. The Morgan fingerprint density at radius 1 is 1.30 bits per heavy atom. The molecule has 0 bridgehead atoms. The van der Waals surface area contributed by atoms with Crippen molar-refractivity contribution in [1.82, 2.24) is 10.2 Å². The van der Waals surface area contributed by atoms with Crippen LogP contribution in [0.2, 0.25) is 0 Å². The number of carbonyl (C=O) groups excluding carboxylic acids is 2. The highest BCUT2D eigenvalue weighted by Crippen LogP contribution is 2.09. The Bertz CT molecular complexity index is 559. The van der Waals surface area contributed by atoms with Gasteiger partial charge in [-0.2, -0.15) is 0 Å². The molecule has 7 heteroatoms. The standard InChI is InChI=1S/C16H22N2O5/c1-17-16(22)13-5-3-4-12(10-13)6-7-14(19)18(8-9-23-2)11-15(20)21/h3-5,10H,6-9,11H2,1-2H3,(H,17,22)(H,20,21). The van der Waals surface area contributed by atoms with Crippen LogP contribution >= 0.6 is 0 Å². The molecule has 0 unspecified atom stereocenters. The minimum Gasteiger partial charge on any atom is -0.480 e. The zero-order chi connectivity index (χ0) is 17.2. The Hall–Kier alpha value is -2.41. The van der Waals surface area contributed by atoms with Crippen LogP contribution in [0.3, 0.4) is 0 Å². The summed E-state index contributed by atoms with van der Waals surface area (Å²) >= 11 is 0. The Balaban J connectivity index is 2.65. The number of rotatable bonds is 9. The second-order valence-corrected chi connectivity index (χ2v) is 4.98. The molecule has 0 aliphatic rings. The number of carbonyl (C=O) groups is 3. The molecule has 126 valence electrons. The first-order valence-corrected chi connectivity index (χ1v) is 7.27. The maximum absolute atomic E-state index is 12.2. The summed E-state index contributed by atoms with van der Waals surface area (Å²) < 4.78 is 4.89. The Kier molecular flexibility index (Phi) is 7.76. The molecular weight excluding hydrogens is 300 g/mol. The van der Waals surface area contributed by atoms with E-state index in [4.69, 9.17) is 9.84 Å². The van der Waals surface area contributed by atoms with E-state index in [0.29, 0.717) is 12.0 Å². The molecule has 1 aromatic carbocycles. The maximum atomic E-state index is 12.2. The number of aryl methyl sites for hydroxylation is 1. The number of carboxylic acid groups (broad SMARTS) is 1. The number of nitrogens with zero attached hydrogens (tertiary/aromatic N) is 1. The van der Waals surface area contributed by atoms with E-state index in [0.717, 1.165) is 5.56 Å².